The maximum absolute atomic E-state index is 12.9. The van der Waals surface area contributed by atoms with E-state index in [2.05, 4.69) is 54.6 Å². The standard InChI is InChI=1S/C37H43NO5/c1-37(2,3)43-36(40)38-22-21-34(35(24-38)42-25-28-13-15-29-11-7-8-12-31(29)23-28)30-16-19-33(20-17-30)41-26-32(39)18-14-27-9-5-4-6-10-27/h4-13,15-17,19-20,23,32,34-35,39H,14,18,21-22,24-26H2,1-3H3. The van der Waals surface area contributed by atoms with E-state index in [9.17, 15) is 9.90 Å². The number of carbonyl (C=O) groups is 1. The summed E-state index contributed by atoms with van der Waals surface area (Å²) in [5, 5.41) is 12.8. The summed E-state index contributed by atoms with van der Waals surface area (Å²) in [5.41, 5.74) is 2.90. The lowest BCUT2D eigenvalue weighted by molar-refractivity contribution is -0.0359. The van der Waals surface area contributed by atoms with E-state index in [-0.39, 0.29) is 24.7 Å². The number of aryl methyl sites for hydroxylation is 1. The number of likely N-dealkylation sites (tertiary alicyclic amines) is 1. The Bertz CT molecular complexity index is 1460. The number of ether oxygens (including phenoxy) is 3. The van der Waals surface area contributed by atoms with Crippen molar-refractivity contribution in [2.75, 3.05) is 19.7 Å². The Labute approximate surface area is 255 Å². The molecule has 226 valence electrons. The van der Waals surface area contributed by atoms with Crippen LogP contribution in [-0.2, 0) is 22.5 Å². The molecule has 1 fully saturated rings. The third-order valence-electron chi connectivity index (χ3n) is 7.85. The van der Waals surface area contributed by atoms with Crippen LogP contribution in [0, 0.1) is 0 Å². The third-order valence-corrected chi connectivity index (χ3v) is 7.85. The second kappa shape index (κ2) is 14.1. The Hall–Kier alpha value is -3.87. The van der Waals surface area contributed by atoms with Gasteiger partial charge >= 0.3 is 6.09 Å². The molecule has 5 rings (SSSR count). The zero-order valence-electron chi connectivity index (χ0n) is 25.4. The molecule has 3 unspecified atom stereocenters. The van der Waals surface area contributed by atoms with Crippen molar-refractivity contribution < 1.29 is 24.1 Å². The monoisotopic (exact) mass is 581 g/mol. The van der Waals surface area contributed by atoms with E-state index < -0.39 is 11.7 Å². The average molecular weight is 582 g/mol. The molecule has 4 aromatic carbocycles. The molecule has 4 aromatic rings. The Morgan fingerprint density at radius 2 is 1.63 bits per heavy atom. The second-order valence-electron chi connectivity index (χ2n) is 12.4. The third kappa shape index (κ3) is 8.82. The molecule has 3 atom stereocenters. The van der Waals surface area contributed by atoms with E-state index in [1.807, 2.05) is 63.2 Å². The van der Waals surface area contributed by atoms with Crippen molar-refractivity contribution in [3.05, 3.63) is 114 Å². The van der Waals surface area contributed by atoms with Crippen LogP contribution >= 0.6 is 0 Å². The molecular formula is C37H43NO5. The van der Waals surface area contributed by atoms with Crippen LogP contribution in [0.3, 0.4) is 0 Å². The normalized spacial score (nSPS) is 17.9. The summed E-state index contributed by atoms with van der Waals surface area (Å²) < 4.78 is 18.1. The van der Waals surface area contributed by atoms with E-state index in [0.717, 1.165) is 29.7 Å². The van der Waals surface area contributed by atoms with Gasteiger partial charge in [-0.15, -0.1) is 0 Å². The Morgan fingerprint density at radius 3 is 2.37 bits per heavy atom. The Balaban J connectivity index is 1.22. The van der Waals surface area contributed by atoms with Crippen molar-refractivity contribution in [2.45, 2.75) is 70.4 Å². The fraction of sp³-hybridized carbons (Fsp3) is 0.378. The van der Waals surface area contributed by atoms with Crippen molar-refractivity contribution in [3.8, 4) is 5.75 Å². The number of piperidine rings is 1. The summed E-state index contributed by atoms with van der Waals surface area (Å²) in [6.07, 6.45) is 1.19. The zero-order chi connectivity index (χ0) is 30.2. The largest absolute Gasteiger partial charge is 0.491 e. The minimum Gasteiger partial charge on any atom is -0.491 e. The van der Waals surface area contributed by atoms with Gasteiger partial charge in [-0.25, -0.2) is 4.79 Å². The van der Waals surface area contributed by atoms with Crippen molar-refractivity contribution in [2.24, 2.45) is 0 Å². The minimum atomic E-state index is -0.555. The molecule has 1 amide bonds. The summed E-state index contributed by atoms with van der Waals surface area (Å²) in [4.78, 5) is 14.7. The number of hydrogen-bond donors (Lipinski definition) is 1. The van der Waals surface area contributed by atoms with Crippen LogP contribution in [0.2, 0.25) is 0 Å². The van der Waals surface area contributed by atoms with Crippen LogP contribution in [0.1, 0.15) is 56.2 Å². The van der Waals surface area contributed by atoms with E-state index in [4.69, 9.17) is 14.2 Å². The van der Waals surface area contributed by atoms with Crippen LogP contribution < -0.4 is 4.74 Å². The molecule has 0 spiro atoms. The van der Waals surface area contributed by atoms with Gasteiger partial charge < -0.3 is 24.2 Å². The van der Waals surface area contributed by atoms with Crippen LogP contribution in [-0.4, -0.2) is 53.6 Å². The molecule has 0 bridgehead atoms. The quantitative estimate of drug-likeness (QED) is 0.210. The lowest BCUT2D eigenvalue weighted by Gasteiger charge is -2.39. The Kier molecular flexibility index (Phi) is 10.0. The van der Waals surface area contributed by atoms with E-state index in [0.29, 0.717) is 26.1 Å². The van der Waals surface area contributed by atoms with Gasteiger partial charge in [0, 0.05) is 12.5 Å². The molecule has 1 N–H and O–H groups in total. The predicted molar refractivity (Wildman–Crippen MR) is 170 cm³/mol. The molecular weight excluding hydrogens is 538 g/mol. The molecule has 43 heavy (non-hydrogen) atoms. The van der Waals surface area contributed by atoms with Crippen LogP contribution in [0.25, 0.3) is 10.8 Å². The summed E-state index contributed by atoms with van der Waals surface area (Å²) in [7, 11) is 0. The SMILES string of the molecule is CC(C)(C)OC(=O)N1CCC(c2ccc(OCC(O)CCc3ccccc3)cc2)C(OCc2ccc3ccccc3c2)C1. The maximum atomic E-state index is 12.9. The van der Waals surface area contributed by atoms with Gasteiger partial charge in [0.1, 0.15) is 18.0 Å². The molecule has 0 aliphatic carbocycles. The molecule has 6 heteroatoms. The van der Waals surface area contributed by atoms with Crippen molar-refractivity contribution in [1.82, 2.24) is 4.90 Å². The number of hydrogen-bond acceptors (Lipinski definition) is 5. The fourth-order valence-corrected chi connectivity index (χ4v) is 5.56. The number of aliphatic hydroxyl groups excluding tert-OH is 1. The Morgan fingerprint density at radius 1 is 0.907 bits per heavy atom. The number of aliphatic hydroxyl groups is 1. The fourth-order valence-electron chi connectivity index (χ4n) is 5.56. The molecule has 0 saturated carbocycles. The maximum Gasteiger partial charge on any atom is 0.410 e. The summed E-state index contributed by atoms with van der Waals surface area (Å²) >= 11 is 0. The van der Waals surface area contributed by atoms with E-state index >= 15 is 0 Å². The predicted octanol–water partition coefficient (Wildman–Crippen LogP) is 7.52. The average Bonchev–Trinajstić information content (AvgIpc) is 3.01. The van der Waals surface area contributed by atoms with Gasteiger partial charge in [0.05, 0.1) is 25.4 Å². The van der Waals surface area contributed by atoms with Gasteiger partial charge in [-0.05, 0) is 85.7 Å². The number of fused-ring (bicyclic) bond motifs is 1. The highest BCUT2D eigenvalue weighted by Crippen LogP contribution is 2.33. The summed E-state index contributed by atoms with van der Waals surface area (Å²) in [5.74, 6) is 0.840. The summed E-state index contributed by atoms with van der Waals surface area (Å²) in [6, 6.07) is 32.9. The topological polar surface area (TPSA) is 68.2 Å². The number of rotatable bonds is 10. The van der Waals surface area contributed by atoms with Gasteiger partial charge in [-0.2, -0.15) is 0 Å². The minimum absolute atomic E-state index is 0.115. The van der Waals surface area contributed by atoms with Crippen LogP contribution in [0.4, 0.5) is 4.79 Å². The molecule has 1 aliphatic heterocycles. The first-order valence-corrected chi connectivity index (χ1v) is 15.3. The smallest absolute Gasteiger partial charge is 0.410 e. The van der Waals surface area contributed by atoms with E-state index in [1.54, 1.807) is 4.90 Å². The molecule has 0 radical (unpaired) electrons. The number of amides is 1. The van der Waals surface area contributed by atoms with Crippen LogP contribution in [0.5, 0.6) is 5.75 Å². The van der Waals surface area contributed by atoms with E-state index in [1.165, 1.54) is 16.3 Å². The van der Waals surface area contributed by atoms with Crippen molar-refractivity contribution in [1.29, 1.82) is 0 Å². The van der Waals surface area contributed by atoms with Crippen LogP contribution in [0.15, 0.2) is 97.1 Å². The first-order chi connectivity index (χ1) is 20.7. The molecule has 1 aliphatic rings. The lowest BCUT2D eigenvalue weighted by Crippen LogP contribution is -2.48. The lowest BCUT2D eigenvalue weighted by atomic mass is 9.87. The van der Waals surface area contributed by atoms with Gasteiger partial charge in [0.25, 0.3) is 0 Å². The second-order valence-corrected chi connectivity index (χ2v) is 12.4. The van der Waals surface area contributed by atoms with Gasteiger partial charge in [0.2, 0.25) is 0 Å². The molecule has 6 nitrogen and oxygen atoms in total. The highest BCUT2D eigenvalue weighted by molar-refractivity contribution is 5.82. The zero-order valence-corrected chi connectivity index (χ0v) is 25.4. The highest BCUT2D eigenvalue weighted by atomic mass is 16.6. The van der Waals surface area contributed by atoms with Gasteiger partial charge in [-0.1, -0.05) is 78.9 Å². The first-order valence-electron chi connectivity index (χ1n) is 15.3. The molecule has 1 saturated heterocycles. The molecule has 1 heterocycles. The van der Waals surface area contributed by atoms with Crippen molar-refractivity contribution >= 4 is 16.9 Å². The number of benzene rings is 4. The number of carbonyl (C=O) groups excluding carboxylic acids is 1. The number of nitrogens with zero attached hydrogens (tertiary/aromatic N) is 1. The van der Waals surface area contributed by atoms with Gasteiger partial charge in [-0.3, -0.25) is 0 Å². The molecule has 0 aromatic heterocycles. The summed E-state index contributed by atoms with van der Waals surface area (Å²) in [6.45, 7) is 7.42. The highest BCUT2D eigenvalue weighted by Gasteiger charge is 2.35. The van der Waals surface area contributed by atoms with Gasteiger partial charge in [0.15, 0.2) is 0 Å². The van der Waals surface area contributed by atoms with Crippen molar-refractivity contribution in [3.63, 3.8) is 0 Å². The first kappa shape index (κ1) is 30.6.